The summed E-state index contributed by atoms with van der Waals surface area (Å²) in [5, 5.41) is 0. The summed E-state index contributed by atoms with van der Waals surface area (Å²) in [6.07, 6.45) is 0. The maximum Gasteiger partial charge on any atom is 0.248 e. The van der Waals surface area contributed by atoms with E-state index in [1.807, 2.05) is 13.8 Å². The molecule has 0 atom stereocenters. The van der Waals surface area contributed by atoms with Crippen LogP contribution < -0.4 is 0 Å². The Morgan fingerprint density at radius 1 is 1.30 bits per heavy atom. The number of hydrogen-bond acceptors (Lipinski definition) is 1. The van der Waals surface area contributed by atoms with E-state index in [4.69, 9.17) is 0 Å². The zero-order chi connectivity index (χ0) is 8.73. The number of hydrogen-bond donors (Lipinski definition) is 0. The van der Waals surface area contributed by atoms with E-state index < -0.39 is 0 Å². The Balaban J connectivity index is 0. The van der Waals surface area contributed by atoms with Gasteiger partial charge in [0.15, 0.2) is 0 Å². The molecule has 0 fully saturated rings. The summed E-state index contributed by atoms with van der Waals surface area (Å²) in [5.41, 5.74) is 0.579. The highest BCUT2D eigenvalue weighted by atomic mass is 16.2. The summed E-state index contributed by atoms with van der Waals surface area (Å²) in [6, 6.07) is 0. The first-order valence-corrected chi connectivity index (χ1v) is 3.43. The van der Waals surface area contributed by atoms with Gasteiger partial charge in [-0.1, -0.05) is 20.4 Å². The maximum absolute atomic E-state index is 10.7. The predicted molar refractivity (Wildman–Crippen MR) is 44.9 cm³/mol. The van der Waals surface area contributed by atoms with Gasteiger partial charge in [-0.15, -0.1) is 0 Å². The highest BCUT2D eigenvalue weighted by molar-refractivity contribution is 5.91. The molecule has 0 aromatic heterocycles. The second-order valence-corrected chi connectivity index (χ2v) is 1.98. The fourth-order valence-electron chi connectivity index (χ4n) is 0.382. The van der Waals surface area contributed by atoms with Crippen LogP contribution in [-0.2, 0) is 4.79 Å². The van der Waals surface area contributed by atoms with Gasteiger partial charge in [0.05, 0.1) is 0 Å². The number of carbonyl (C=O) groups excluding carboxylic acids is 1. The van der Waals surface area contributed by atoms with Crippen LogP contribution in [0.25, 0.3) is 0 Å². The van der Waals surface area contributed by atoms with Crippen molar-refractivity contribution in [1.29, 1.82) is 0 Å². The van der Waals surface area contributed by atoms with E-state index in [1.54, 1.807) is 21.0 Å². The predicted octanol–water partition coefficient (Wildman–Crippen LogP) is 1.68. The molecule has 0 aliphatic carbocycles. The number of nitrogens with zero attached hydrogens (tertiary/aromatic N) is 1. The van der Waals surface area contributed by atoms with Crippen molar-refractivity contribution in [2.45, 2.75) is 20.8 Å². The van der Waals surface area contributed by atoms with Gasteiger partial charge in [-0.3, -0.25) is 4.79 Å². The Kier molecular flexibility index (Phi) is 7.56. The molecule has 0 aliphatic heterocycles. The number of amides is 1. The molecule has 0 aromatic rings. The van der Waals surface area contributed by atoms with E-state index in [0.29, 0.717) is 5.57 Å². The van der Waals surface area contributed by atoms with Gasteiger partial charge in [-0.2, -0.15) is 0 Å². The van der Waals surface area contributed by atoms with E-state index in [1.165, 1.54) is 4.90 Å². The first-order chi connectivity index (χ1) is 4.55. The SMILES string of the molecule is C=C(C)C(=O)N(C)C.CC. The molecule has 0 N–H and O–H groups in total. The third-order valence-corrected chi connectivity index (χ3v) is 0.771. The molecule has 2 heteroatoms. The molecule has 0 saturated carbocycles. The molecule has 0 radical (unpaired) electrons. The average Bonchev–Trinajstić information content (AvgIpc) is 1.90. The normalized spacial score (nSPS) is 7.30. The molecule has 0 unspecified atom stereocenters. The monoisotopic (exact) mass is 143 g/mol. The molecule has 0 aromatic carbocycles. The van der Waals surface area contributed by atoms with Gasteiger partial charge in [0.1, 0.15) is 0 Å². The molecule has 10 heavy (non-hydrogen) atoms. The minimum Gasteiger partial charge on any atom is -0.345 e. The Morgan fingerprint density at radius 2 is 1.60 bits per heavy atom. The van der Waals surface area contributed by atoms with Crippen LogP contribution in [0, 0.1) is 0 Å². The highest BCUT2D eigenvalue weighted by Gasteiger charge is 2.01. The quantitative estimate of drug-likeness (QED) is 0.511. The molecule has 2 nitrogen and oxygen atoms in total. The van der Waals surface area contributed by atoms with Crippen molar-refractivity contribution in [3.05, 3.63) is 12.2 Å². The van der Waals surface area contributed by atoms with Crippen molar-refractivity contribution >= 4 is 5.91 Å². The lowest BCUT2D eigenvalue weighted by atomic mass is 10.3. The summed E-state index contributed by atoms with van der Waals surface area (Å²) in [6.45, 7) is 9.18. The molecule has 0 saturated heterocycles. The van der Waals surface area contributed by atoms with Gasteiger partial charge in [-0.05, 0) is 6.92 Å². The largest absolute Gasteiger partial charge is 0.345 e. The molecule has 0 rings (SSSR count). The van der Waals surface area contributed by atoms with Gasteiger partial charge in [0, 0.05) is 19.7 Å². The van der Waals surface area contributed by atoms with E-state index in [0.717, 1.165) is 0 Å². The Labute approximate surface area is 63.5 Å². The molecule has 60 valence electrons. The lowest BCUT2D eigenvalue weighted by Gasteiger charge is -2.07. The van der Waals surface area contributed by atoms with E-state index >= 15 is 0 Å². The summed E-state index contributed by atoms with van der Waals surface area (Å²) < 4.78 is 0. The Bertz CT molecular complexity index is 116. The summed E-state index contributed by atoms with van der Waals surface area (Å²) >= 11 is 0. The van der Waals surface area contributed by atoms with Crippen LogP contribution in [0.4, 0.5) is 0 Å². The molecule has 1 amide bonds. The minimum absolute atomic E-state index is 0.00926. The Hall–Kier alpha value is -0.790. The van der Waals surface area contributed by atoms with Crippen molar-refractivity contribution in [2.24, 2.45) is 0 Å². The van der Waals surface area contributed by atoms with E-state index in [2.05, 4.69) is 6.58 Å². The van der Waals surface area contributed by atoms with Gasteiger partial charge in [0.2, 0.25) is 5.91 Å². The first kappa shape index (κ1) is 11.9. The summed E-state index contributed by atoms with van der Waals surface area (Å²) in [5.74, 6) is -0.00926. The van der Waals surface area contributed by atoms with Crippen LogP contribution in [0.15, 0.2) is 12.2 Å². The molecule has 0 spiro atoms. The topological polar surface area (TPSA) is 20.3 Å². The van der Waals surface area contributed by atoms with Gasteiger partial charge < -0.3 is 4.90 Å². The van der Waals surface area contributed by atoms with Crippen LogP contribution in [0.5, 0.6) is 0 Å². The van der Waals surface area contributed by atoms with Gasteiger partial charge >= 0.3 is 0 Å². The third-order valence-electron chi connectivity index (χ3n) is 0.771. The lowest BCUT2D eigenvalue weighted by Crippen LogP contribution is -2.21. The zero-order valence-corrected chi connectivity index (χ0v) is 7.56. The van der Waals surface area contributed by atoms with Crippen molar-refractivity contribution in [3.63, 3.8) is 0 Å². The van der Waals surface area contributed by atoms with Gasteiger partial charge in [-0.25, -0.2) is 0 Å². The molecule has 0 bridgehead atoms. The summed E-state index contributed by atoms with van der Waals surface area (Å²) in [4.78, 5) is 12.2. The number of likely N-dealkylation sites (N-methyl/N-ethyl adjacent to an activating group) is 1. The molecule has 0 aliphatic rings. The van der Waals surface area contributed by atoms with Crippen molar-refractivity contribution in [3.8, 4) is 0 Å². The van der Waals surface area contributed by atoms with Crippen molar-refractivity contribution in [2.75, 3.05) is 14.1 Å². The van der Waals surface area contributed by atoms with Gasteiger partial charge in [0.25, 0.3) is 0 Å². The zero-order valence-electron chi connectivity index (χ0n) is 7.56. The van der Waals surface area contributed by atoms with Crippen LogP contribution in [0.1, 0.15) is 20.8 Å². The van der Waals surface area contributed by atoms with Crippen LogP contribution in [0.3, 0.4) is 0 Å². The lowest BCUT2D eigenvalue weighted by molar-refractivity contribution is -0.124. The molecular formula is C8H17NO. The fraction of sp³-hybridized carbons (Fsp3) is 0.625. The summed E-state index contributed by atoms with van der Waals surface area (Å²) in [7, 11) is 3.41. The molecular weight excluding hydrogens is 126 g/mol. The first-order valence-electron chi connectivity index (χ1n) is 3.43. The van der Waals surface area contributed by atoms with Crippen molar-refractivity contribution in [1.82, 2.24) is 4.90 Å². The second-order valence-electron chi connectivity index (χ2n) is 1.98. The third kappa shape index (κ3) is 5.35. The highest BCUT2D eigenvalue weighted by Crippen LogP contribution is 1.90. The van der Waals surface area contributed by atoms with Crippen LogP contribution >= 0.6 is 0 Å². The standard InChI is InChI=1S/C6H11NO.C2H6/c1-5(2)6(8)7(3)4;1-2/h1H2,2-4H3;1-2H3. The van der Waals surface area contributed by atoms with E-state index in [9.17, 15) is 4.79 Å². The van der Waals surface area contributed by atoms with Crippen LogP contribution in [0.2, 0.25) is 0 Å². The van der Waals surface area contributed by atoms with E-state index in [-0.39, 0.29) is 5.91 Å². The van der Waals surface area contributed by atoms with Crippen molar-refractivity contribution < 1.29 is 4.79 Å². The number of carbonyl (C=O) groups is 1. The number of rotatable bonds is 1. The maximum atomic E-state index is 10.7. The van der Waals surface area contributed by atoms with Crippen LogP contribution in [-0.4, -0.2) is 24.9 Å². The Morgan fingerprint density at radius 3 is 1.60 bits per heavy atom. The fourth-order valence-corrected chi connectivity index (χ4v) is 0.382. The average molecular weight is 143 g/mol. The smallest absolute Gasteiger partial charge is 0.248 e. The molecule has 0 heterocycles. The minimum atomic E-state index is -0.00926. The second kappa shape index (κ2) is 6.33.